The third-order valence-electron chi connectivity index (χ3n) is 3.53. The Labute approximate surface area is 138 Å². The first kappa shape index (κ1) is 15.4. The van der Waals surface area contributed by atoms with E-state index in [1.165, 1.54) is 11.8 Å². The number of thioether (sulfide) groups is 1. The average molecular weight is 328 g/mol. The minimum absolute atomic E-state index is 0.0511. The molecule has 1 aliphatic rings. The normalized spacial score (nSPS) is 16.3. The Morgan fingerprint density at radius 2 is 2.04 bits per heavy atom. The summed E-state index contributed by atoms with van der Waals surface area (Å²) in [6.45, 7) is 1.85. The number of benzene rings is 2. The summed E-state index contributed by atoms with van der Waals surface area (Å²) in [6.07, 6.45) is 0. The molecule has 2 aromatic rings. The summed E-state index contributed by atoms with van der Waals surface area (Å²) in [4.78, 5) is 25.2. The summed E-state index contributed by atoms with van der Waals surface area (Å²) in [5, 5.41) is 5.52. The zero-order valence-electron chi connectivity index (χ0n) is 12.8. The van der Waals surface area contributed by atoms with E-state index in [4.69, 9.17) is 4.74 Å². The second-order valence-electron chi connectivity index (χ2n) is 5.11. The van der Waals surface area contributed by atoms with E-state index in [1.54, 1.807) is 31.4 Å². The van der Waals surface area contributed by atoms with Gasteiger partial charge in [-0.1, -0.05) is 12.1 Å². The average Bonchev–Trinajstić information content (AvgIpc) is 2.56. The number of hydrogen-bond acceptors (Lipinski definition) is 4. The van der Waals surface area contributed by atoms with Crippen LogP contribution in [0.4, 0.5) is 11.4 Å². The highest BCUT2D eigenvalue weighted by molar-refractivity contribution is 8.00. The predicted molar refractivity (Wildman–Crippen MR) is 91.3 cm³/mol. The minimum atomic E-state index is -0.254. The van der Waals surface area contributed by atoms with Crippen LogP contribution < -0.4 is 15.4 Å². The summed E-state index contributed by atoms with van der Waals surface area (Å²) >= 11 is 1.49. The highest BCUT2D eigenvalue weighted by atomic mass is 32.2. The molecule has 2 aromatic carbocycles. The van der Waals surface area contributed by atoms with Crippen molar-refractivity contribution in [1.82, 2.24) is 0 Å². The first-order valence-corrected chi connectivity index (χ1v) is 8.02. The van der Waals surface area contributed by atoms with Crippen LogP contribution in [0.25, 0.3) is 0 Å². The van der Waals surface area contributed by atoms with Crippen LogP contribution in [0, 0.1) is 0 Å². The van der Waals surface area contributed by atoms with Crippen molar-refractivity contribution in [3.63, 3.8) is 0 Å². The molecular weight excluding hydrogens is 312 g/mol. The molecule has 0 saturated carbocycles. The third-order valence-corrected chi connectivity index (χ3v) is 4.71. The number of para-hydroxylation sites is 2. The lowest BCUT2D eigenvalue weighted by atomic mass is 10.1. The molecule has 0 radical (unpaired) electrons. The van der Waals surface area contributed by atoms with Gasteiger partial charge in [-0.3, -0.25) is 9.59 Å². The molecule has 0 aliphatic carbocycles. The summed E-state index contributed by atoms with van der Waals surface area (Å²) in [5.74, 6) is 0.288. The summed E-state index contributed by atoms with van der Waals surface area (Å²) in [6, 6.07) is 12.5. The highest BCUT2D eigenvalue weighted by Gasteiger charge is 2.23. The first-order chi connectivity index (χ1) is 11.1. The van der Waals surface area contributed by atoms with Gasteiger partial charge in [0.25, 0.3) is 5.91 Å². The van der Waals surface area contributed by atoms with Crippen LogP contribution >= 0.6 is 11.8 Å². The van der Waals surface area contributed by atoms with E-state index >= 15 is 0 Å². The number of ether oxygens (including phenoxy) is 1. The van der Waals surface area contributed by atoms with Crippen LogP contribution in [-0.4, -0.2) is 24.2 Å². The molecule has 0 saturated heterocycles. The van der Waals surface area contributed by atoms with Crippen LogP contribution in [0.5, 0.6) is 5.75 Å². The number of anilines is 2. The molecule has 2 N–H and O–H groups in total. The Balaban J connectivity index is 1.83. The molecule has 2 amide bonds. The largest absolute Gasteiger partial charge is 0.495 e. The molecule has 1 atom stereocenters. The van der Waals surface area contributed by atoms with E-state index in [0.29, 0.717) is 22.7 Å². The molecule has 23 heavy (non-hydrogen) atoms. The molecule has 118 valence electrons. The van der Waals surface area contributed by atoms with E-state index in [1.807, 2.05) is 25.1 Å². The van der Waals surface area contributed by atoms with Crippen LogP contribution in [0.3, 0.4) is 0 Å². The van der Waals surface area contributed by atoms with Crippen LogP contribution in [0.15, 0.2) is 47.4 Å². The first-order valence-electron chi connectivity index (χ1n) is 7.14. The van der Waals surface area contributed by atoms with Crippen molar-refractivity contribution in [3.8, 4) is 5.75 Å². The molecule has 0 fully saturated rings. The number of nitrogens with one attached hydrogen (secondary N) is 2. The van der Waals surface area contributed by atoms with Crippen molar-refractivity contribution >= 4 is 35.0 Å². The molecule has 0 bridgehead atoms. The Kier molecular flexibility index (Phi) is 4.25. The van der Waals surface area contributed by atoms with Crippen molar-refractivity contribution in [2.45, 2.75) is 17.1 Å². The lowest BCUT2D eigenvalue weighted by Crippen LogP contribution is -2.26. The van der Waals surface area contributed by atoms with Crippen molar-refractivity contribution in [2.75, 3.05) is 17.7 Å². The van der Waals surface area contributed by atoms with Gasteiger partial charge in [0.1, 0.15) is 5.75 Å². The van der Waals surface area contributed by atoms with E-state index in [2.05, 4.69) is 10.6 Å². The van der Waals surface area contributed by atoms with Crippen LogP contribution in [-0.2, 0) is 4.79 Å². The predicted octanol–water partition coefficient (Wildman–Crippen LogP) is 3.38. The van der Waals surface area contributed by atoms with Crippen LogP contribution in [0.2, 0.25) is 0 Å². The number of hydrogen-bond donors (Lipinski definition) is 2. The number of carbonyl (C=O) groups excluding carboxylic acids is 2. The van der Waals surface area contributed by atoms with Gasteiger partial charge in [0.05, 0.1) is 23.7 Å². The van der Waals surface area contributed by atoms with Crippen molar-refractivity contribution in [2.24, 2.45) is 0 Å². The Morgan fingerprint density at radius 1 is 1.26 bits per heavy atom. The molecule has 0 spiro atoms. The monoisotopic (exact) mass is 328 g/mol. The van der Waals surface area contributed by atoms with E-state index in [9.17, 15) is 9.59 Å². The molecule has 1 heterocycles. The highest BCUT2D eigenvalue weighted by Crippen LogP contribution is 2.36. The second-order valence-corrected chi connectivity index (χ2v) is 6.50. The fraction of sp³-hybridized carbons (Fsp3) is 0.176. The Hall–Kier alpha value is -2.47. The van der Waals surface area contributed by atoms with Crippen molar-refractivity contribution < 1.29 is 14.3 Å². The molecular formula is C17H16N2O3S. The van der Waals surface area contributed by atoms with Crippen molar-refractivity contribution in [3.05, 3.63) is 48.0 Å². The fourth-order valence-corrected chi connectivity index (χ4v) is 3.22. The summed E-state index contributed by atoms with van der Waals surface area (Å²) in [7, 11) is 1.55. The van der Waals surface area contributed by atoms with Gasteiger partial charge in [-0.25, -0.2) is 0 Å². The number of rotatable bonds is 3. The molecule has 6 heteroatoms. The lowest BCUT2D eigenvalue weighted by molar-refractivity contribution is -0.115. The van der Waals surface area contributed by atoms with Gasteiger partial charge in [-0.05, 0) is 37.3 Å². The Bertz CT molecular complexity index is 776. The van der Waals surface area contributed by atoms with E-state index in [0.717, 1.165) is 4.90 Å². The number of fused-ring (bicyclic) bond motifs is 1. The third kappa shape index (κ3) is 3.17. The van der Waals surface area contributed by atoms with Gasteiger partial charge in [-0.2, -0.15) is 0 Å². The van der Waals surface area contributed by atoms with Gasteiger partial charge < -0.3 is 15.4 Å². The zero-order chi connectivity index (χ0) is 16.4. The van der Waals surface area contributed by atoms with Crippen LogP contribution in [0.1, 0.15) is 17.3 Å². The van der Waals surface area contributed by atoms with E-state index in [-0.39, 0.29) is 17.1 Å². The topological polar surface area (TPSA) is 67.4 Å². The minimum Gasteiger partial charge on any atom is -0.495 e. The SMILES string of the molecule is COc1ccccc1NC(=O)c1ccc2c(c1)NC(=O)[C@@H](C)S2. The zero-order valence-corrected chi connectivity index (χ0v) is 13.6. The van der Waals surface area contributed by atoms with Gasteiger partial charge in [0, 0.05) is 10.5 Å². The van der Waals surface area contributed by atoms with Gasteiger partial charge in [-0.15, -0.1) is 11.8 Å². The maximum atomic E-state index is 12.4. The standard InChI is InChI=1S/C17H16N2O3S/c1-10-16(20)19-13-9-11(7-8-15(13)23-10)17(21)18-12-5-3-4-6-14(12)22-2/h3-10H,1-2H3,(H,18,21)(H,19,20)/t10-/m1/s1. The summed E-state index contributed by atoms with van der Waals surface area (Å²) < 4.78 is 5.22. The molecule has 3 rings (SSSR count). The van der Waals surface area contributed by atoms with E-state index < -0.39 is 0 Å². The molecule has 0 aromatic heterocycles. The van der Waals surface area contributed by atoms with Gasteiger partial charge >= 0.3 is 0 Å². The maximum absolute atomic E-state index is 12.4. The molecule has 0 unspecified atom stereocenters. The molecule has 5 nitrogen and oxygen atoms in total. The number of amides is 2. The van der Waals surface area contributed by atoms with Gasteiger partial charge in [0.15, 0.2) is 0 Å². The smallest absolute Gasteiger partial charge is 0.255 e. The maximum Gasteiger partial charge on any atom is 0.255 e. The van der Waals surface area contributed by atoms with Crippen molar-refractivity contribution in [1.29, 1.82) is 0 Å². The quantitative estimate of drug-likeness (QED) is 0.906. The number of methoxy groups -OCH3 is 1. The lowest BCUT2D eigenvalue weighted by Gasteiger charge is -2.21. The second kappa shape index (κ2) is 6.34. The fourth-order valence-electron chi connectivity index (χ4n) is 2.29. The number of carbonyl (C=O) groups is 2. The summed E-state index contributed by atoms with van der Waals surface area (Å²) in [5.41, 5.74) is 1.75. The Morgan fingerprint density at radius 3 is 2.83 bits per heavy atom. The van der Waals surface area contributed by atoms with Gasteiger partial charge in [0.2, 0.25) is 5.91 Å². The molecule has 1 aliphatic heterocycles.